The number of fused-ring (bicyclic) bond motifs is 1. The van der Waals surface area contributed by atoms with E-state index in [-0.39, 0.29) is 12.4 Å². The maximum atomic E-state index is 11.8. The predicted molar refractivity (Wildman–Crippen MR) is 74.7 cm³/mol. The molecule has 0 fully saturated rings. The lowest BCUT2D eigenvalue weighted by Crippen LogP contribution is -2.41. The minimum absolute atomic E-state index is 0.100. The lowest BCUT2D eigenvalue weighted by molar-refractivity contribution is -0.123. The van der Waals surface area contributed by atoms with Crippen molar-refractivity contribution < 1.29 is 28.6 Å². The number of hydrogen-bond donors (Lipinski definition) is 2. The molecule has 1 aromatic rings. The first-order chi connectivity index (χ1) is 10.6. The maximum Gasteiger partial charge on any atom is 0.338 e. The van der Waals surface area contributed by atoms with Gasteiger partial charge in [-0.25, -0.2) is 9.59 Å². The van der Waals surface area contributed by atoms with Gasteiger partial charge in [0.1, 0.15) is 0 Å². The lowest BCUT2D eigenvalue weighted by atomic mass is 10.2. The van der Waals surface area contributed by atoms with E-state index < -0.39 is 24.5 Å². The average molecular weight is 308 g/mol. The fraction of sp³-hybridized carbons (Fsp3) is 0.357. The average Bonchev–Trinajstić information content (AvgIpc) is 2.98. The minimum atomic E-state index is -0.706. The number of esters is 1. The molecule has 0 atom stereocenters. The number of carbonyl (C=O) groups excluding carboxylic acids is 3. The highest BCUT2D eigenvalue weighted by atomic mass is 16.7. The fourth-order valence-electron chi connectivity index (χ4n) is 1.68. The normalized spacial score (nSPS) is 11.7. The van der Waals surface area contributed by atoms with Crippen LogP contribution in [0.25, 0.3) is 0 Å². The Balaban J connectivity index is 1.80. The Bertz CT molecular complexity index is 587. The second-order valence-corrected chi connectivity index (χ2v) is 4.45. The third-order valence-electron chi connectivity index (χ3n) is 2.73. The third kappa shape index (κ3) is 4.11. The summed E-state index contributed by atoms with van der Waals surface area (Å²) in [6.45, 7) is 1.89. The molecule has 1 aliphatic rings. The number of imide groups is 1. The number of amides is 3. The van der Waals surface area contributed by atoms with Gasteiger partial charge in [0.25, 0.3) is 5.91 Å². The Morgan fingerprint density at radius 1 is 1.23 bits per heavy atom. The molecule has 2 N–H and O–H groups in total. The van der Waals surface area contributed by atoms with Crippen LogP contribution in [-0.2, 0) is 9.53 Å². The Morgan fingerprint density at radius 2 is 2.00 bits per heavy atom. The van der Waals surface area contributed by atoms with Crippen LogP contribution in [0.2, 0.25) is 0 Å². The molecule has 8 nitrogen and oxygen atoms in total. The van der Waals surface area contributed by atoms with Crippen molar-refractivity contribution in [2.75, 3.05) is 19.9 Å². The highest BCUT2D eigenvalue weighted by Crippen LogP contribution is 2.32. The summed E-state index contributed by atoms with van der Waals surface area (Å²) in [5.41, 5.74) is 0.229. The first-order valence-corrected chi connectivity index (χ1v) is 6.74. The van der Waals surface area contributed by atoms with Gasteiger partial charge in [-0.05, 0) is 24.6 Å². The summed E-state index contributed by atoms with van der Waals surface area (Å²) in [6.07, 6.45) is 0.751. The predicted octanol–water partition coefficient (Wildman–Crippen LogP) is 0.808. The van der Waals surface area contributed by atoms with E-state index in [1.54, 1.807) is 6.07 Å². The van der Waals surface area contributed by atoms with E-state index in [4.69, 9.17) is 14.2 Å². The van der Waals surface area contributed by atoms with Crippen LogP contribution >= 0.6 is 0 Å². The standard InChI is InChI=1S/C14H16N2O6/c1-2-5-15-14(19)16-12(17)7-20-13(18)9-3-4-10-11(6-9)22-8-21-10/h3-4,6H,2,5,7-8H2,1H3,(H2,15,16,17,19). The molecule has 0 spiro atoms. The zero-order chi connectivity index (χ0) is 15.9. The second-order valence-electron chi connectivity index (χ2n) is 4.45. The van der Waals surface area contributed by atoms with Crippen LogP contribution in [0.4, 0.5) is 4.79 Å². The van der Waals surface area contributed by atoms with Crippen molar-refractivity contribution >= 4 is 17.9 Å². The zero-order valence-corrected chi connectivity index (χ0v) is 12.0. The van der Waals surface area contributed by atoms with Gasteiger partial charge in [-0.1, -0.05) is 6.92 Å². The van der Waals surface area contributed by atoms with E-state index in [2.05, 4.69) is 10.6 Å². The first kappa shape index (κ1) is 15.6. The van der Waals surface area contributed by atoms with Gasteiger partial charge < -0.3 is 19.5 Å². The van der Waals surface area contributed by atoms with Crippen LogP contribution in [0.3, 0.4) is 0 Å². The van der Waals surface area contributed by atoms with Crippen molar-refractivity contribution in [2.24, 2.45) is 0 Å². The van der Waals surface area contributed by atoms with Gasteiger partial charge in [0.2, 0.25) is 6.79 Å². The molecule has 0 saturated carbocycles. The van der Waals surface area contributed by atoms with Gasteiger partial charge in [0.05, 0.1) is 5.56 Å². The van der Waals surface area contributed by atoms with Crippen molar-refractivity contribution in [3.63, 3.8) is 0 Å². The molecular weight excluding hydrogens is 292 g/mol. The number of hydrogen-bond acceptors (Lipinski definition) is 6. The summed E-state index contributed by atoms with van der Waals surface area (Å²) < 4.78 is 15.1. The topological polar surface area (TPSA) is 103 Å². The molecular formula is C14H16N2O6. The highest BCUT2D eigenvalue weighted by molar-refractivity contribution is 5.97. The molecule has 118 valence electrons. The quantitative estimate of drug-likeness (QED) is 0.780. The number of urea groups is 1. The molecule has 1 aliphatic heterocycles. The number of carbonyl (C=O) groups is 3. The summed E-state index contributed by atoms with van der Waals surface area (Å²) in [5, 5.41) is 4.52. The third-order valence-corrected chi connectivity index (χ3v) is 2.73. The van der Waals surface area contributed by atoms with E-state index in [0.717, 1.165) is 6.42 Å². The maximum absolute atomic E-state index is 11.8. The molecule has 1 heterocycles. The Hall–Kier alpha value is -2.77. The molecule has 1 aromatic carbocycles. The number of rotatable bonds is 5. The van der Waals surface area contributed by atoms with Gasteiger partial charge in [-0.15, -0.1) is 0 Å². The van der Waals surface area contributed by atoms with E-state index in [1.807, 2.05) is 6.92 Å². The van der Waals surface area contributed by atoms with Gasteiger partial charge in [-0.2, -0.15) is 0 Å². The molecule has 8 heteroatoms. The van der Waals surface area contributed by atoms with Crippen molar-refractivity contribution in [3.8, 4) is 11.5 Å². The number of benzene rings is 1. The lowest BCUT2D eigenvalue weighted by Gasteiger charge is -2.07. The van der Waals surface area contributed by atoms with E-state index in [9.17, 15) is 14.4 Å². The van der Waals surface area contributed by atoms with Crippen LogP contribution in [-0.4, -0.2) is 37.9 Å². The van der Waals surface area contributed by atoms with Crippen molar-refractivity contribution in [2.45, 2.75) is 13.3 Å². The van der Waals surface area contributed by atoms with E-state index >= 15 is 0 Å². The molecule has 2 rings (SSSR count). The molecule has 0 saturated heterocycles. The molecule has 0 aromatic heterocycles. The second kappa shape index (κ2) is 7.30. The van der Waals surface area contributed by atoms with Crippen LogP contribution in [0.5, 0.6) is 11.5 Å². The van der Waals surface area contributed by atoms with Crippen molar-refractivity contribution in [1.29, 1.82) is 0 Å². The molecule has 0 aliphatic carbocycles. The molecule has 0 radical (unpaired) electrons. The largest absolute Gasteiger partial charge is 0.454 e. The summed E-state index contributed by atoms with van der Waals surface area (Å²) >= 11 is 0. The van der Waals surface area contributed by atoms with Gasteiger partial charge in [-0.3, -0.25) is 10.1 Å². The SMILES string of the molecule is CCCNC(=O)NC(=O)COC(=O)c1ccc2c(c1)OCO2. The van der Waals surface area contributed by atoms with Crippen molar-refractivity contribution in [3.05, 3.63) is 23.8 Å². The van der Waals surface area contributed by atoms with Crippen LogP contribution in [0, 0.1) is 0 Å². The first-order valence-electron chi connectivity index (χ1n) is 6.74. The fourth-order valence-corrected chi connectivity index (χ4v) is 1.68. The van der Waals surface area contributed by atoms with Gasteiger partial charge in [0.15, 0.2) is 18.1 Å². The summed E-state index contributed by atoms with van der Waals surface area (Å²) in [4.78, 5) is 34.5. The molecule has 0 bridgehead atoms. The van der Waals surface area contributed by atoms with Gasteiger partial charge >= 0.3 is 12.0 Å². The highest BCUT2D eigenvalue weighted by Gasteiger charge is 2.18. The van der Waals surface area contributed by atoms with Crippen LogP contribution in [0.1, 0.15) is 23.7 Å². The van der Waals surface area contributed by atoms with E-state index in [1.165, 1.54) is 12.1 Å². The Morgan fingerprint density at radius 3 is 2.77 bits per heavy atom. The molecule has 0 unspecified atom stereocenters. The molecule has 22 heavy (non-hydrogen) atoms. The summed E-state index contributed by atoms with van der Waals surface area (Å²) in [7, 11) is 0. The van der Waals surface area contributed by atoms with Crippen LogP contribution < -0.4 is 20.1 Å². The minimum Gasteiger partial charge on any atom is -0.454 e. The Kier molecular flexibility index (Phi) is 5.18. The van der Waals surface area contributed by atoms with Gasteiger partial charge in [0, 0.05) is 6.54 Å². The van der Waals surface area contributed by atoms with Crippen molar-refractivity contribution in [1.82, 2.24) is 10.6 Å². The monoisotopic (exact) mass is 308 g/mol. The number of ether oxygens (including phenoxy) is 3. The summed E-state index contributed by atoms with van der Waals surface area (Å²) in [6, 6.07) is 3.93. The summed E-state index contributed by atoms with van der Waals surface area (Å²) in [5.74, 6) is -0.412. The molecule has 3 amide bonds. The van der Waals surface area contributed by atoms with Crippen LogP contribution in [0.15, 0.2) is 18.2 Å². The number of nitrogens with one attached hydrogen (secondary N) is 2. The van der Waals surface area contributed by atoms with E-state index in [0.29, 0.717) is 18.0 Å². The zero-order valence-electron chi connectivity index (χ0n) is 12.0. The Labute approximate surface area is 126 Å². The smallest absolute Gasteiger partial charge is 0.338 e.